The van der Waals surface area contributed by atoms with Gasteiger partial charge in [0.05, 0.1) is 6.04 Å². The predicted octanol–water partition coefficient (Wildman–Crippen LogP) is 6.19. The van der Waals surface area contributed by atoms with Crippen molar-refractivity contribution in [3.05, 3.63) is 107 Å². The smallest absolute Gasteiger partial charge is 0.408 e. The molecule has 10 heteroatoms. The molecule has 2 fully saturated rings. The second-order valence-corrected chi connectivity index (χ2v) is 13.8. The van der Waals surface area contributed by atoms with E-state index in [-0.39, 0.29) is 24.5 Å². The maximum absolute atomic E-state index is 14.0. The highest BCUT2D eigenvalue weighted by Crippen LogP contribution is 2.33. The number of hydrogen-bond acceptors (Lipinski definition) is 6. The van der Waals surface area contributed by atoms with Crippen LogP contribution in [0.25, 0.3) is 0 Å². The first-order chi connectivity index (χ1) is 23.6. The molecule has 0 aromatic heterocycles. The number of nitrogens with one attached hydrogen (secondary N) is 3. The Morgan fingerprint density at radius 2 is 1.49 bits per heavy atom. The number of aryl methyl sites for hydroxylation is 1. The van der Waals surface area contributed by atoms with Crippen LogP contribution in [0.5, 0.6) is 0 Å². The molecule has 1 unspecified atom stereocenters. The van der Waals surface area contributed by atoms with E-state index >= 15 is 0 Å². The first kappa shape index (κ1) is 35.4. The minimum absolute atomic E-state index is 0.0386. The Bertz CT molecular complexity index is 1560. The molecule has 4 atom stereocenters. The van der Waals surface area contributed by atoms with Crippen LogP contribution in [-0.2, 0) is 32.1 Å². The third kappa shape index (κ3) is 10.1. The van der Waals surface area contributed by atoms with Crippen LogP contribution in [0.15, 0.2) is 84.9 Å². The maximum Gasteiger partial charge on any atom is 0.408 e. The molecule has 4 amide bonds. The van der Waals surface area contributed by atoms with Gasteiger partial charge in [-0.1, -0.05) is 84.9 Å². The Morgan fingerprint density at radius 3 is 2.18 bits per heavy atom. The van der Waals surface area contributed by atoms with E-state index in [4.69, 9.17) is 9.47 Å². The van der Waals surface area contributed by atoms with Gasteiger partial charge in [0.2, 0.25) is 11.8 Å². The number of nitrogens with zero attached hydrogens (tertiary/aromatic N) is 1. The van der Waals surface area contributed by atoms with Gasteiger partial charge in [-0.05, 0) is 88.0 Å². The molecule has 2 heterocycles. The van der Waals surface area contributed by atoms with Gasteiger partial charge in [0, 0.05) is 12.6 Å². The third-order valence-electron chi connectivity index (χ3n) is 8.94. The van der Waals surface area contributed by atoms with Crippen LogP contribution in [0, 0.1) is 0 Å². The zero-order valence-electron chi connectivity index (χ0n) is 28.7. The molecule has 10 nitrogen and oxygen atoms in total. The van der Waals surface area contributed by atoms with Crippen molar-refractivity contribution < 1.29 is 28.7 Å². The summed E-state index contributed by atoms with van der Waals surface area (Å²) in [5.74, 6) is -0.442. The predicted molar refractivity (Wildman–Crippen MR) is 186 cm³/mol. The lowest BCUT2D eigenvalue weighted by molar-refractivity contribution is -0.141. The van der Waals surface area contributed by atoms with Gasteiger partial charge in [0.25, 0.3) is 0 Å². The van der Waals surface area contributed by atoms with Crippen molar-refractivity contribution in [1.82, 2.24) is 20.9 Å². The topological polar surface area (TPSA) is 126 Å². The molecule has 3 N–H and O–H groups in total. The van der Waals surface area contributed by atoms with E-state index in [2.05, 4.69) is 16.0 Å². The second kappa shape index (κ2) is 16.5. The van der Waals surface area contributed by atoms with E-state index < -0.39 is 35.9 Å². The third-order valence-corrected chi connectivity index (χ3v) is 8.94. The van der Waals surface area contributed by atoms with Crippen LogP contribution in [0.4, 0.5) is 9.59 Å². The van der Waals surface area contributed by atoms with Crippen molar-refractivity contribution in [2.75, 3.05) is 6.54 Å². The minimum atomic E-state index is -0.735. The highest BCUT2D eigenvalue weighted by atomic mass is 16.6. The fourth-order valence-electron chi connectivity index (χ4n) is 6.58. The molecule has 0 aliphatic carbocycles. The zero-order chi connectivity index (χ0) is 34.8. The molecule has 260 valence electrons. The highest BCUT2D eigenvalue weighted by Gasteiger charge is 2.45. The molecule has 2 saturated heterocycles. The fourth-order valence-corrected chi connectivity index (χ4v) is 6.58. The van der Waals surface area contributed by atoms with Gasteiger partial charge in [-0.25, -0.2) is 9.59 Å². The van der Waals surface area contributed by atoms with Crippen LogP contribution >= 0.6 is 0 Å². The first-order valence-electron chi connectivity index (χ1n) is 17.3. The van der Waals surface area contributed by atoms with Gasteiger partial charge < -0.3 is 30.3 Å². The molecule has 3 aromatic rings. The van der Waals surface area contributed by atoms with Gasteiger partial charge in [0.15, 0.2) is 0 Å². The first-order valence-corrected chi connectivity index (χ1v) is 17.3. The standard InChI is InChI=1S/C39H48N4O6/c1-39(2,3)49-38(47)41-32-18-10-17-31-23-24-33(43(31)36(32)45)35(44)42-34(29-15-8-5-9-16-29)30-21-19-27(20-22-30)14-11-25-40-37(46)48-26-28-12-6-4-7-13-28/h4-9,12-13,15-16,19-22,31-34H,10-11,14,17-18,23-26H2,1-3H3,(H,40,46)(H,41,47)(H,42,44)/t31-,32-,33-,34?/m0/s1. The van der Waals surface area contributed by atoms with E-state index in [0.29, 0.717) is 19.4 Å². The molecule has 2 aliphatic heterocycles. The van der Waals surface area contributed by atoms with Crippen LogP contribution in [0.3, 0.4) is 0 Å². The average Bonchev–Trinajstić information content (AvgIpc) is 3.45. The SMILES string of the molecule is CC(C)(C)OC(=O)N[C@H]1CCC[C@H]2CC[C@@H](C(=O)NC(c3ccccc3)c3ccc(CCCNC(=O)OCc4ccccc4)cc3)N2C1=O. The molecule has 2 aliphatic rings. The van der Waals surface area contributed by atoms with Crippen molar-refractivity contribution in [2.24, 2.45) is 0 Å². The van der Waals surface area contributed by atoms with Crippen molar-refractivity contribution in [1.29, 1.82) is 0 Å². The summed E-state index contributed by atoms with van der Waals surface area (Å²) in [4.78, 5) is 54.1. The Morgan fingerprint density at radius 1 is 0.816 bits per heavy atom. The number of carbonyl (C=O) groups excluding carboxylic acids is 4. The number of hydrogen-bond donors (Lipinski definition) is 3. The molecule has 0 spiro atoms. The number of carbonyl (C=O) groups is 4. The second-order valence-electron chi connectivity index (χ2n) is 13.8. The molecule has 3 aromatic carbocycles. The Kier molecular flexibility index (Phi) is 11.9. The molecular formula is C39H48N4O6. The van der Waals surface area contributed by atoms with E-state index in [9.17, 15) is 19.2 Å². The average molecular weight is 669 g/mol. The van der Waals surface area contributed by atoms with Crippen LogP contribution in [0.2, 0.25) is 0 Å². The van der Waals surface area contributed by atoms with Crippen molar-refractivity contribution in [3.63, 3.8) is 0 Å². The molecule has 49 heavy (non-hydrogen) atoms. The normalized spacial score (nSPS) is 19.6. The summed E-state index contributed by atoms with van der Waals surface area (Å²) in [6, 6.07) is 25.6. The molecule has 0 radical (unpaired) electrons. The largest absolute Gasteiger partial charge is 0.445 e. The number of ether oxygens (including phenoxy) is 2. The quantitative estimate of drug-likeness (QED) is 0.209. The lowest BCUT2D eigenvalue weighted by atomic mass is 9.96. The number of benzene rings is 3. The zero-order valence-corrected chi connectivity index (χ0v) is 28.7. The fraction of sp³-hybridized carbons (Fsp3) is 0.436. The highest BCUT2D eigenvalue weighted by molar-refractivity contribution is 5.92. The summed E-state index contributed by atoms with van der Waals surface area (Å²) in [7, 11) is 0. The van der Waals surface area contributed by atoms with E-state index in [0.717, 1.165) is 54.4 Å². The number of fused-ring (bicyclic) bond motifs is 1. The van der Waals surface area contributed by atoms with Gasteiger partial charge in [0.1, 0.15) is 24.3 Å². The van der Waals surface area contributed by atoms with Crippen LogP contribution in [0.1, 0.15) is 87.6 Å². The molecular weight excluding hydrogens is 620 g/mol. The number of rotatable bonds is 11. The molecule has 5 rings (SSSR count). The van der Waals surface area contributed by atoms with Crippen molar-refractivity contribution >= 4 is 24.0 Å². The van der Waals surface area contributed by atoms with E-state index in [1.165, 1.54) is 0 Å². The summed E-state index contributed by atoms with van der Waals surface area (Å²) in [6.07, 6.45) is 3.82. The van der Waals surface area contributed by atoms with Crippen molar-refractivity contribution in [2.45, 2.75) is 102 Å². The van der Waals surface area contributed by atoms with E-state index in [1.54, 1.807) is 25.7 Å². The lowest BCUT2D eigenvalue weighted by Crippen LogP contribution is -2.55. The summed E-state index contributed by atoms with van der Waals surface area (Å²) in [6.45, 7) is 6.06. The Hall–Kier alpha value is -4.86. The van der Waals surface area contributed by atoms with Crippen molar-refractivity contribution in [3.8, 4) is 0 Å². The van der Waals surface area contributed by atoms with Crippen LogP contribution < -0.4 is 16.0 Å². The van der Waals surface area contributed by atoms with Crippen LogP contribution in [-0.4, -0.2) is 59.2 Å². The van der Waals surface area contributed by atoms with Gasteiger partial charge in [-0.2, -0.15) is 0 Å². The maximum atomic E-state index is 14.0. The summed E-state index contributed by atoms with van der Waals surface area (Å²) < 4.78 is 10.7. The van der Waals surface area contributed by atoms with Gasteiger partial charge in [-0.3, -0.25) is 9.59 Å². The summed E-state index contributed by atoms with van der Waals surface area (Å²) in [5, 5.41) is 8.82. The lowest BCUT2D eigenvalue weighted by Gasteiger charge is -2.32. The van der Waals surface area contributed by atoms with Gasteiger partial charge in [-0.15, -0.1) is 0 Å². The summed E-state index contributed by atoms with van der Waals surface area (Å²) >= 11 is 0. The Balaban J connectivity index is 1.19. The monoisotopic (exact) mass is 668 g/mol. The molecule has 0 bridgehead atoms. The number of alkyl carbamates (subject to hydrolysis) is 2. The number of amides is 4. The Labute approximate surface area is 288 Å². The molecule has 0 saturated carbocycles. The minimum Gasteiger partial charge on any atom is -0.445 e. The van der Waals surface area contributed by atoms with E-state index in [1.807, 2.05) is 84.9 Å². The van der Waals surface area contributed by atoms with Gasteiger partial charge >= 0.3 is 12.2 Å². The summed E-state index contributed by atoms with van der Waals surface area (Å²) in [5.41, 5.74) is 3.22.